The third kappa shape index (κ3) is 12.8. The fourth-order valence-electron chi connectivity index (χ4n) is 16.6. The Balaban J connectivity index is 0.000000129. The molecule has 0 aromatic carbocycles. The number of thioether (sulfide) groups is 2. The predicted octanol–water partition coefficient (Wildman–Crippen LogP) is 10.4. The largest absolute Gasteiger partial charge is 0.396 e. The van der Waals surface area contributed by atoms with Crippen molar-refractivity contribution < 1.29 is 57.4 Å². The van der Waals surface area contributed by atoms with E-state index in [4.69, 9.17) is 80.4 Å². The summed E-state index contributed by atoms with van der Waals surface area (Å²) in [7, 11) is 0.279. The van der Waals surface area contributed by atoms with Crippen molar-refractivity contribution in [2.75, 3.05) is 54.8 Å². The van der Waals surface area contributed by atoms with Gasteiger partial charge in [-0.1, -0.05) is 90.5 Å². The molecule has 552 valence electrons. The number of aliphatic hydroxyl groups excluding tert-OH is 3. The Bertz CT molecular complexity index is 4400. The maximum absolute atomic E-state index is 11.5. The second-order valence-electron chi connectivity index (χ2n) is 29.8. The highest BCUT2D eigenvalue weighted by atomic mass is 35.5. The Hall–Kier alpha value is -4.89. The van der Waals surface area contributed by atoms with Gasteiger partial charge in [-0.25, -0.2) is 44.9 Å². The lowest BCUT2D eigenvalue weighted by Crippen LogP contribution is -2.38. The molecular formula is C63H85Cl3N19O12P3S2. The van der Waals surface area contributed by atoms with E-state index in [-0.39, 0.29) is 154 Å². The highest BCUT2D eigenvalue weighted by Gasteiger charge is 2.67. The summed E-state index contributed by atoms with van der Waals surface area (Å²) in [4.78, 5) is 51.6. The molecule has 4 aliphatic carbocycles. The first-order valence-electron chi connectivity index (χ1n) is 33.1. The van der Waals surface area contributed by atoms with E-state index in [0.29, 0.717) is 79.3 Å². The van der Waals surface area contributed by atoms with Crippen molar-refractivity contribution in [2.45, 2.75) is 198 Å². The van der Waals surface area contributed by atoms with Crippen LogP contribution in [0.3, 0.4) is 0 Å². The van der Waals surface area contributed by atoms with Gasteiger partial charge in [-0.2, -0.15) is 15.0 Å². The number of hydrogen-bond acceptors (Lipinski definition) is 29. The molecular weight excluding hydrogens is 1480 g/mol. The molecule has 8 aromatic heterocycles. The SMILES string of the molecule is CSc1nc(N)c2ncn([C@@H]3[C@@H](C)[C@](C)(CO)C(O)[C@@H]3O)c2n1.CSc1nc(N)c2ncn([C@@H]3[C@@H](C)[C@](C)(CP=O)C4OC(C)(C)O[C@@H]43)c2n1.C[C@@H]1[C@@H](n2cnc3c(Cl)nc(Cl)nc32)[C@H]2OC(C)(C)OC2[C@@]1(C)CP=O.C[C@@H]1[C@@H](n2cnc3c(N)nc(Cl)nc32)[C@H]2OC(C)(C)OC2[C@@]1(C)CP=O. The molecule has 0 radical (unpaired) electrons. The Morgan fingerprint density at radius 1 is 0.451 bits per heavy atom. The molecule has 7 fully saturated rings. The zero-order valence-corrected chi connectivity index (χ0v) is 65.7. The number of aliphatic hydroxyl groups is 3. The number of nitrogen functional groups attached to an aromatic ring is 3. The summed E-state index contributed by atoms with van der Waals surface area (Å²) in [6.45, 7) is 27.6. The molecule has 0 amide bonds. The fraction of sp³-hybridized carbons (Fsp3) is 0.683. The fourth-order valence-corrected chi connectivity index (χ4v) is 20.2. The minimum absolute atomic E-state index is 0.0578. The third-order valence-corrected chi connectivity index (χ3v) is 26.9. The number of rotatable bonds is 13. The number of fused-ring (bicyclic) bond motifs is 7. The lowest BCUT2D eigenvalue weighted by molar-refractivity contribution is -0.172. The smallest absolute Gasteiger partial charge is 0.226 e. The monoisotopic (exact) mass is 1560 g/mol. The van der Waals surface area contributed by atoms with Gasteiger partial charge in [-0.15, -0.1) is 0 Å². The van der Waals surface area contributed by atoms with Crippen LogP contribution >= 0.6 is 83.7 Å². The number of halogens is 3. The summed E-state index contributed by atoms with van der Waals surface area (Å²) in [5.74, 6) is -1.08. The summed E-state index contributed by atoms with van der Waals surface area (Å²) in [5, 5.41) is 32.1. The minimum Gasteiger partial charge on any atom is -0.396 e. The highest BCUT2D eigenvalue weighted by Crippen LogP contribution is 2.61. The average molecular weight is 1560 g/mol. The molecule has 8 aromatic rings. The molecule has 39 heteroatoms. The summed E-state index contributed by atoms with van der Waals surface area (Å²) in [5.41, 5.74) is 20.6. The molecule has 11 heterocycles. The van der Waals surface area contributed by atoms with Crippen molar-refractivity contribution in [1.29, 1.82) is 0 Å². The highest BCUT2D eigenvalue weighted by molar-refractivity contribution is 7.98. The summed E-state index contributed by atoms with van der Waals surface area (Å²) in [6.07, 6.45) is 8.68. The second-order valence-corrected chi connectivity index (χ2v) is 34.1. The van der Waals surface area contributed by atoms with Gasteiger partial charge in [0.05, 0.1) is 80.5 Å². The molecule has 9 N–H and O–H groups in total. The van der Waals surface area contributed by atoms with Crippen molar-refractivity contribution in [2.24, 2.45) is 45.3 Å². The summed E-state index contributed by atoms with van der Waals surface area (Å²) < 4.78 is 79.6. The van der Waals surface area contributed by atoms with E-state index in [0.717, 1.165) is 0 Å². The van der Waals surface area contributed by atoms with E-state index in [2.05, 4.69) is 101 Å². The molecule has 4 saturated carbocycles. The van der Waals surface area contributed by atoms with Gasteiger partial charge in [-0.05, 0) is 101 Å². The van der Waals surface area contributed by atoms with E-state index in [9.17, 15) is 29.0 Å². The number of nitrogens with two attached hydrogens (primary N) is 3. The predicted molar refractivity (Wildman–Crippen MR) is 386 cm³/mol. The first-order chi connectivity index (χ1) is 47.9. The van der Waals surface area contributed by atoms with Gasteiger partial charge in [0.1, 0.15) is 46.5 Å². The number of nitrogens with zero attached hydrogens (tertiary/aromatic N) is 16. The Kier molecular flexibility index (Phi) is 21.1. The van der Waals surface area contributed by atoms with E-state index >= 15 is 0 Å². The molecule has 3 saturated heterocycles. The van der Waals surface area contributed by atoms with E-state index in [1.807, 2.05) is 74.7 Å². The van der Waals surface area contributed by atoms with Gasteiger partial charge < -0.3 is 79.2 Å². The van der Waals surface area contributed by atoms with Gasteiger partial charge in [0.2, 0.25) is 10.6 Å². The molecule has 4 unspecified atom stereocenters. The van der Waals surface area contributed by atoms with Crippen molar-refractivity contribution in [3.63, 3.8) is 0 Å². The van der Waals surface area contributed by atoms with Crippen LogP contribution < -0.4 is 17.2 Å². The van der Waals surface area contributed by atoms with Gasteiger partial charge in [0, 0.05) is 40.1 Å². The van der Waals surface area contributed by atoms with Crippen LogP contribution in [0.15, 0.2) is 35.6 Å². The molecule has 0 bridgehead atoms. The molecule has 15 rings (SSSR count). The van der Waals surface area contributed by atoms with E-state index < -0.39 is 41.0 Å². The first kappa shape index (κ1) is 76.7. The van der Waals surface area contributed by atoms with Gasteiger partial charge in [0.15, 0.2) is 98.2 Å². The number of aromatic nitrogens is 16. The summed E-state index contributed by atoms with van der Waals surface area (Å²) in [6, 6.07) is -0.738. The van der Waals surface area contributed by atoms with Crippen LogP contribution in [-0.2, 0) is 42.1 Å². The molecule has 7 aliphatic rings. The second kappa shape index (κ2) is 28.0. The first-order valence-corrected chi connectivity index (χ1v) is 39.7. The lowest BCUT2D eigenvalue weighted by atomic mass is 9.79. The van der Waals surface area contributed by atoms with Crippen LogP contribution in [0.1, 0.15) is 121 Å². The zero-order chi connectivity index (χ0) is 74.2. The van der Waals surface area contributed by atoms with Crippen LogP contribution in [0.2, 0.25) is 15.7 Å². The minimum atomic E-state index is -1.04. The van der Waals surface area contributed by atoms with Crippen LogP contribution in [0.4, 0.5) is 17.5 Å². The number of ether oxygens (including phenoxy) is 6. The van der Waals surface area contributed by atoms with Crippen molar-refractivity contribution in [1.82, 2.24) is 78.1 Å². The molecule has 20 atom stereocenters. The Morgan fingerprint density at radius 2 is 0.755 bits per heavy atom. The van der Waals surface area contributed by atoms with Crippen LogP contribution in [0, 0.1) is 45.3 Å². The topological polar surface area (TPSA) is 420 Å². The lowest BCUT2D eigenvalue weighted by Gasteiger charge is -2.35. The standard InChI is InChI=1S/C17H24N5O3PS.C16H19Cl2N4O3P.C16H21ClN5O3P.C14H21N5O3S/c1-8-10(11-12(17(8,4)6-26-23)25-16(2,3)24-11)22-7-19-9-13(18)20-15(27-5)21-14(9)22;1-7-9(22-6-19-8-12(17)20-14(18)21-13(8)22)10-11(16(7,4)5-26-23)25-15(2,3)24-10;1-7-9(22-6-19-8-12(18)20-14(17)21-13(8)22)10-11(16(7,4)5-26-23)25-15(2,3)24-10;1-6-8(9(21)10(22)14(6,2)4-20)19-5-16-7-11(15)17-13(23-3)18-12(7)19/h7-8,10-12H,6H2,1-5H3,(H2,18,20,21);6-7,9-11H,5H2,1-4H3;6-7,9-11H,5H2,1-4H3,(H2,18,20,21);5-6,8-10,20-22H,4H2,1-3H3,(H2,15,17,18)/t8-,10-,11-,12?,17+;2*7-,9-,10-,11?,16+;6-,8-,9-,10?,14+/m1111/s1. The molecule has 0 spiro atoms. The number of imidazole rings is 4. The normalized spacial score (nSPS) is 35.4. The van der Waals surface area contributed by atoms with Crippen LogP contribution in [-0.4, -0.2) is 197 Å². The van der Waals surface area contributed by atoms with Crippen molar-refractivity contribution in [3.8, 4) is 0 Å². The maximum Gasteiger partial charge on any atom is 0.226 e. The molecule has 102 heavy (non-hydrogen) atoms. The maximum atomic E-state index is 11.5. The zero-order valence-electron chi connectivity index (χ0n) is 59.1. The van der Waals surface area contributed by atoms with Crippen molar-refractivity contribution in [3.05, 3.63) is 41.0 Å². The molecule has 31 nitrogen and oxygen atoms in total. The number of anilines is 3. The van der Waals surface area contributed by atoms with Crippen molar-refractivity contribution >= 4 is 146 Å². The van der Waals surface area contributed by atoms with Gasteiger partial charge >= 0.3 is 0 Å². The third-order valence-electron chi connectivity index (χ3n) is 22.7. The number of hydrogen-bond donors (Lipinski definition) is 6. The van der Waals surface area contributed by atoms with Crippen LogP contribution in [0.25, 0.3) is 44.7 Å². The Morgan fingerprint density at radius 3 is 1.09 bits per heavy atom. The summed E-state index contributed by atoms with van der Waals surface area (Å²) >= 11 is 21.0. The van der Waals surface area contributed by atoms with E-state index in [1.54, 1.807) is 36.8 Å². The quantitative estimate of drug-likeness (QED) is 0.0270. The average Bonchev–Trinajstić information content (AvgIpc) is 1.57. The van der Waals surface area contributed by atoms with Gasteiger partial charge in [-0.3, -0.25) is 13.7 Å². The van der Waals surface area contributed by atoms with Gasteiger partial charge in [0.25, 0.3) is 0 Å². The Labute approximate surface area is 616 Å². The molecule has 3 aliphatic heterocycles. The van der Waals surface area contributed by atoms with E-state index in [1.165, 1.54) is 23.5 Å². The van der Waals surface area contributed by atoms with Crippen LogP contribution in [0.5, 0.6) is 0 Å².